The van der Waals surface area contributed by atoms with E-state index >= 15 is 0 Å². The van der Waals surface area contributed by atoms with Crippen molar-refractivity contribution in [1.82, 2.24) is 19.9 Å². The van der Waals surface area contributed by atoms with Gasteiger partial charge in [-0.15, -0.1) is 0 Å². The molecule has 0 amide bonds. The summed E-state index contributed by atoms with van der Waals surface area (Å²) in [6.45, 7) is 7.21. The lowest BCUT2D eigenvalue weighted by Gasteiger charge is -2.33. The van der Waals surface area contributed by atoms with Crippen molar-refractivity contribution in [3.63, 3.8) is 0 Å². The Kier molecular flexibility index (Phi) is 6.60. The highest BCUT2D eigenvalue weighted by Crippen LogP contribution is 2.18. The van der Waals surface area contributed by atoms with Crippen LogP contribution >= 0.6 is 0 Å². The van der Waals surface area contributed by atoms with Gasteiger partial charge in [-0.1, -0.05) is 12.1 Å². The van der Waals surface area contributed by atoms with Gasteiger partial charge in [-0.2, -0.15) is 4.98 Å². The maximum atomic E-state index is 8.96. The molecule has 120 valence electrons. The van der Waals surface area contributed by atoms with Gasteiger partial charge in [0.05, 0.1) is 13.2 Å². The number of nitrogens with zero attached hydrogens (tertiary/aromatic N) is 4. The summed E-state index contributed by atoms with van der Waals surface area (Å²) in [5.74, 6) is 2.27. The molecule has 1 aliphatic rings. The molecule has 1 saturated heterocycles. The van der Waals surface area contributed by atoms with E-state index in [0.717, 1.165) is 63.2 Å². The van der Waals surface area contributed by atoms with Gasteiger partial charge in [0, 0.05) is 19.5 Å². The van der Waals surface area contributed by atoms with Gasteiger partial charge < -0.3 is 14.5 Å². The normalized spacial score (nSPS) is 17.7. The van der Waals surface area contributed by atoms with Crippen LogP contribution in [0.5, 0.6) is 0 Å². The molecule has 0 aliphatic carbocycles. The van der Waals surface area contributed by atoms with Crippen molar-refractivity contribution in [1.29, 1.82) is 0 Å². The molecule has 0 spiro atoms. The number of aliphatic hydroxyl groups is 1. The molecule has 2 heterocycles. The molecule has 0 bridgehead atoms. The smallest absolute Gasteiger partial charge is 0.226 e. The molecule has 0 unspecified atom stereocenters. The van der Waals surface area contributed by atoms with Gasteiger partial charge in [0.1, 0.15) is 0 Å². The molecule has 1 aromatic rings. The maximum Gasteiger partial charge on any atom is 0.226 e. The van der Waals surface area contributed by atoms with Gasteiger partial charge in [-0.05, 0) is 45.3 Å². The first-order valence-corrected chi connectivity index (χ1v) is 8.04. The number of hydrogen-bond acceptors (Lipinski definition) is 6. The Hall–Kier alpha value is -0.980. The van der Waals surface area contributed by atoms with Crippen LogP contribution in [0.3, 0.4) is 0 Å². The molecule has 2 rings (SSSR count). The summed E-state index contributed by atoms with van der Waals surface area (Å²) in [5, 5.41) is 13.0. The summed E-state index contributed by atoms with van der Waals surface area (Å²) < 4.78 is 5.22. The fourth-order valence-electron chi connectivity index (χ4n) is 2.95. The second kappa shape index (κ2) is 8.46. The van der Waals surface area contributed by atoms with E-state index in [9.17, 15) is 0 Å². The second-order valence-corrected chi connectivity index (χ2v) is 6.06. The number of piperidine rings is 1. The van der Waals surface area contributed by atoms with Crippen LogP contribution in [0, 0.1) is 5.92 Å². The first kappa shape index (κ1) is 16.4. The number of hydrogen-bond donors (Lipinski definition) is 1. The van der Waals surface area contributed by atoms with Crippen LogP contribution in [-0.2, 0) is 13.0 Å². The lowest BCUT2D eigenvalue weighted by atomic mass is 9.96. The van der Waals surface area contributed by atoms with Crippen molar-refractivity contribution < 1.29 is 9.63 Å². The average molecular weight is 296 g/mol. The second-order valence-electron chi connectivity index (χ2n) is 6.06. The third kappa shape index (κ3) is 5.37. The Morgan fingerprint density at radius 1 is 1.38 bits per heavy atom. The Morgan fingerprint density at radius 3 is 2.81 bits per heavy atom. The highest BCUT2D eigenvalue weighted by Gasteiger charge is 2.20. The number of aliphatic hydroxyl groups excluding tert-OH is 1. The minimum absolute atomic E-state index is 0.266. The molecule has 0 saturated carbocycles. The summed E-state index contributed by atoms with van der Waals surface area (Å²) in [7, 11) is 2.12. The molecule has 0 atom stereocenters. The van der Waals surface area contributed by atoms with Gasteiger partial charge >= 0.3 is 0 Å². The molecular formula is C15H28N4O2. The molecule has 0 radical (unpaired) electrons. The van der Waals surface area contributed by atoms with Crippen molar-refractivity contribution in [2.75, 3.05) is 39.8 Å². The quantitative estimate of drug-likeness (QED) is 0.776. The van der Waals surface area contributed by atoms with E-state index in [4.69, 9.17) is 9.63 Å². The largest absolute Gasteiger partial charge is 0.395 e. The average Bonchev–Trinajstić information content (AvgIpc) is 2.89. The topological polar surface area (TPSA) is 65.6 Å². The summed E-state index contributed by atoms with van der Waals surface area (Å²) in [5.41, 5.74) is 0. The monoisotopic (exact) mass is 296 g/mol. The van der Waals surface area contributed by atoms with E-state index in [1.165, 1.54) is 12.8 Å². The maximum absolute atomic E-state index is 8.96. The molecular weight excluding hydrogens is 268 g/mol. The molecule has 1 N–H and O–H groups in total. The van der Waals surface area contributed by atoms with Crippen molar-refractivity contribution in [2.45, 2.75) is 39.2 Å². The van der Waals surface area contributed by atoms with Gasteiger partial charge in [-0.25, -0.2) is 0 Å². The molecule has 21 heavy (non-hydrogen) atoms. The zero-order valence-electron chi connectivity index (χ0n) is 13.3. The molecule has 6 heteroatoms. The van der Waals surface area contributed by atoms with Crippen LogP contribution in [0.25, 0.3) is 0 Å². The number of likely N-dealkylation sites (tertiary alicyclic amines) is 1. The van der Waals surface area contributed by atoms with Crippen LogP contribution in [0.2, 0.25) is 0 Å². The van der Waals surface area contributed by atoms with Crippen LogP contribution in [0.4, 0.5) is 0 Å². The zero-order chi connectivity index (χ0) is 15.1. The Labute approximate surface area is 127 Å². The van der Waals surface area contributed by atoms with E-state index < -0.39 is 0 Å². The highest BCUT2D eigenvalue weighted by molar-refractivity contribution is 4.86. The zero-order valence-corrected chi connectivity index (χ0v) is 13.3. The highest BCUT2D eigenvalue weighted by atomic mass is 16.5. The minimum atomic E-state index is 0.266. The van der Waals surface area contributed by atoms with Crippen LogP contribution in [0.15, 0.2) is 4.52 Å². The summed E-state index contributed by atoms with van der Waals surface area (Å²) in [6.07, 6.45) is 4.30. The fraction of sp³-hybridized carbons (Fsp3) is 0.867. The van der Waals surface area contributed by atoms with Crippen molar-refractivity contribution in [3.05, 3.63) is 11.7 Å². The van der Waals surface area contributed by atoms with Gasteiger partial charge in [0.25, 0.3) is 0 Å². The number of β-amino-alcohol motifs (C(OH)–C–C–N with tert-alkyl or cyclic N) is 1. The Morgan fingerprint density at radius 2 is 2.14 bits per heavy atom. The lowest BCUT2D eigenvalue weighted by Crippen LogP contribution is -2.39. The predicted molar refractivity (Wildman–Crippen MR) is 80.9 cm³/mol. The van der Waals surface area contributed by atoms with E-state index in [1.807, 2.05) is 0 Å². The molecule has 1 aromatic heterocycles. The van der Waals surface area contributed by atoms with Gasteiger partial charge in [0.15, 0.2) is 5.82 Å². The fourth-order valence-corrected chi connectivity index (χ4v) is 2.95. The number of aromatic nitrogens is 2. The lowest BCUT2D eigenvalue weighted by molar-refractivity contribution is 0.128. The summed E-state index contributed by atoms with van der Waals surface area (Å²) in [4.78, 5) is 9.04. The van der Waals surface area contributed by atoms with Crippen molar-refractivity contribution in [3.8, 4) is 0 Å². The van der Waals surface area contributed by atoms with Crippen molar-refractivity contribution in [2.24, 2.45) is 5.92 Å². The van der Waals surface area contributed by atoms with E-state index in [2.05, 4.69) is 33.9 Å². The van der Waals surface area contributed by atoms with E-state index in [1.54, 1.807) is 0 Å². The predicted octanol–water partition coefficient (Wildman–Crippen LogP) is 1.16. The van der Waals surface area contributed by atoms with Crippen LogP contribution < -0.4 is 0 Å². The third-order valence-electron chi connectivity index (χ3n) is 4.08. The summed E-state index contributed by atoms with van der Waals surface area (Å²) >= 11 is 0. The summed E-state index contributed by atoms with van der Waals surface area (Å²) in [6, 6.07) is 0. The molecule has 0 aromatic carbocycles. The first-order valence-electron chi connectivity index (χ1n) is 8.04. The Bertz CT molecular complexity index is 402. The van der Waals surface area contributed by atoms with Crippen molar-refractivity contribution >= 4 is 0 Å². The molecule has 6 nitrogen and oxygen atoms in total. The van der Waals surface area contributed by atoms with Gasteiger partial charge in [-0.3, -0.25) is 4.90 Å². The molecule has 1 fully saturated rings. The van der Waals surface area contributed by atoms with E-state index in [0.29, 0.717) is 0 Å². The SMILES string of the molecule is CCCc1nc(CN(C)CC2CCN(CCO)CC2)no1. The van der Waals surface area contributed by atoms with Gasteiger partial charge in [0.2, 0.25) is 5.89 Å². The molecule has 1 aliphatic heterocycles. The third-order valence-corrected chi connectivity index (χ3v) is 4.08. The van der Waals surface area contributed by atoms with Crippen LogP contribution in [0.1, 0.15) is 37.9 Å². The number of aryl methyl sites for hydroxylation is 1. The van der Waals surface area contributed by atoms with E-state index in [-0.39, 0.29) is 6.61 Å². The Balaban J connectivity index is 1.70. The first-order chi connectivity index (χ1) is 10.2. The number of rotatable bonds is 8. The van der Waals surface area contributed by atoms with Crippen LogP contribution in [-0.4, -0.2) is 64.9 Å². The standard InChI is InChI=1S/C15H28N4O2/c1-3-4-15-16-14(17-21-15)12-18(2)11-13-5-7-19(8-6-13)9-10-20/h13,20H,3-12H2,1-2H3. The minimum Gasteiger partial charge on any atom is -0.395 e.